The Kier molecular flexibility index (Phi) is 4.91. The quantitative estimate of drug-likeness (QED) is 0.762. The number of hydrogen-bond acceptors (Lipinski definition) is 3. The van der Waals surface area contributed by atoms with Crippen molar-refractivity contribution in [2.24, 2.45) is 0 Å². The van der Waals surface area contributed by atoms with E-state index in [2.05, 4.69) is 24.3 Å². The molecule has 3 rings (SSSR count). The normalized spacial score (nSPS) is 14.1. The fourth-order valence-electron chi connectivity index (χ4n) is 3.11. The second-order valence-corrected chi connectivity index (χ2v) is 7.35. The predicted octanol–water partition coefficient (Wildman–Crippen LogP) is 3.50. The molecule has 0 fully saturated rings. The highest BCUT2D eigenvalue weighted by Gasteiger charge is 2.28. The minimum atomic E-state index is -0.855. The van der Waals surface area contributed by atoms with E-state index in [0.717, 1.165) is 0 Å². The molecule has 0 saturated heterocycles. The molecule has 0 heterocycles. The van der Waals surface area contributed by atoms with Crippen LogP contribution in [0.2, 0.25) is 0 Å². The van der Waals surface area contributed by atoms with Gasteiger partial charge in [0.25, 0.3) is 0 Å². The Morgan fingerprint density at radius 2 is 1.61 bits per heavy atom. The summed E-state index contributed by atoms with van der Waals surface area (Å²) in [5.41, 5.74) is 4.89. The third-order valence-corrected chi connectivity index (χ3v) is 5.05. The molecule has 1 atom stereocenters. The van der Waals surface area contributed by atoms with E-state index in [4.69, 9.17) is 4.74 Å². The average molecular weight is 328 g/mol. The molecule has 2 aromatic carbocycles. The Bertz CT molecular complexity index is 693. The summed E-state index contributed by atoms with van der Waals surface area (Å²) in [5, 5.41) is 0. The van der Waals surface area contributed by atoms with Gasteiger partial charge in [-0.3, -0.25) is 9.00 Å². The first kappa shape index (κ1) is 15.9. The first-order valence-corrected chi connectivity index (χ1v) is 9.53. The van der Waals surface area contributed by atoms with Gasteiger partial charge in [-0.2, -0.15) is 0 Å². The van der Waals surface area contributed by atoms with Crippen molar-refractivity contribution in [2.45, 2.75) is 18.8 Å². The van der Waals surface area contributed by atoms with Gasteiger partial charge in [0, 0.05) is 35.1 Å². The monoisotopic (exact) mass is 328 g/mol. The highest BCUT2D eigenvalue weighted by Crippen LogP contribution is 2.44. The molecule has 23 heavy (non-hydrogen) atoms. The molecule has 0 radical (unpaired) electrons. The van der Waals surface area contributed by atoms with Gasteiger partial charge in [-0.15, -0.1) is 0 Å². The van der Waals surface area contributed by atoms with Crippen LogP contribution in [0.5, 0.6) is 0 Å². The van der Waals surface area contributed by atoms with Crippen molar-refractivity contribution < 1.29 is 13.7 Å². The summed E-state index contributed by atoms with van der Waals surface area (Å²) >= 11 is 0. The average Bonchev–Trinajstić information content (AvgIpc) is 2.87. The van der Waals surface area contributed by atoms with Gasteiger partial charge in [0.15, 0.2) is 0 Å². The van der Waals surface area contributed by atoms with E-state index in [1.54, 1.807) is 6.26 Å². The summed E-state index contributed by atoms with van der Waals surface area (Å²) in [7, 11) is -0.855. The maximum absolute atomic E-state index is 11.9. The fourth-order valence-corrected chi connectivity index (χ4v) is 3.66. The van der Waals surface area contributed by atoms with E-state index in [-0.39, 0.29) is 11.9 Å². The number of ether oxygens (including phenoxy) is 1. The van der Waals surface area contributed by atoms with Crippen molar-refractivity contribution in [3.05, 3.63) is 59.7 Å². The Morgan fingerprint density at radius 1 is 1.04 bits per heavy atom. The van der Waals surface area contributed by atoms with Crippen LogP contribution in [-0.2, 0) is 20.3 Å². The van der Waals surface area contributed by atoms with Crippen LogP contribution in [0.1, 0.15) is 29.9 Å². The molecule has 0 aromatic heterocycles. The molecule has 1 aliphatic rings. The van der Waals surface area contributed by atoms with Crippen LogP contribution in [0.25, 0.3) is 11.1 Å². The third kappa shape index (κ3) is 3.53. The van der Waals surface area contributed by atoms with Crippen molar-refractivity contribution >= 4 is 16.8 Å². The smallest absolute Gasteiger partial charge is 0.305 e. The Labute approximate surface area is 139 Å². The van der Waals surface area contributed by atoms with Crippen LogP contribution in [0, 0.1) is 0 Å². The molecule has 2 aromatic rings. The van der Waals surface area contributed by atoms with E-state index >= 15 is 0 Å². The van der Waals surface area contributed by atoms with Crippen molar-refractivity contribution in [3.63, 3.8) is 0 Å². The standard InChI is InChI=1S/C19H20O3S/c1-23(21)12-6-11-19(20)22-13-18-16-9-4-2-7-14(16)15-8-3-5-10-17(15)18/h2-5,7-10,18H,6,11-13H2,1H3. The van der Waals surface area contributed by atoms with Gasteiger partial charge in [0.1, 0.15) is 6.61 Å². The molecule has 1 aliphatic carbocycles. The fraction of sp³-hybridized carbons (Fsp3) is 0.316. The number of carbonyl (C=O) groups is 1. The lowest BCUT2D eigenvalue weighted by atomic mass is 9.98. The van der Waals surface area contributed by atoms with E-state index in [1.807, 2.05) is 24.3 Å². The summed E-state index contributed by atoms with van der Waals surface area (Å²) in [6.45, 7) is 0.363. The minimum absolute atomic E-state index is 0.103. The largest absolute Gasteiger partial charge is 0.465 e. The Hall–Kier alpha value is -1.94. The number of hydrogen-bond donors (Lipinski definition) is 0. The number of esters is 1. The topological polar surface area (TPSA) is 43.4 Å². The third-order valence-electron chi connectivity index (χ3n) is 4.19. The summed E-state index contributed by atoms with van der Waals surface area (Å²) in [5.74, 6) is 0.438. The molecule has 0 amide bonds. The summed E-state index contributed by atoms with van der Waals surface area (Å²) in [6.07, 6.45) is 2.59. The number of fused-ring (bicyclic) bond motifs is 3. The highest BCUT2D eigenvalue weighted by molar-refractivity contribution is 7.84. The maximum Gasteiger partial charge on any atom is 0.305 e. The molecule has 0 saturated carbocycles. The second kappa shape index (κ2) is 7.09. The Morgan fingerprint density at radius 3 is 2.17 bits per heavy atom. The van der Waals surface area contributed by atoms with Gasteiger partial charge in [-0.1, -0.05) is 48.5 Å². The molecule has 0 bridgehead atoms. The molecule has 120 valence electrons. The first-order valence-electron chi connectivity index (χ1n) is 7.80. The zero-order valence-corrected chi connectivity index (χ0v) is 14.0. The van der Waals surface area contributed by atoms with Gasteiger partial charge in [0.2, 0.25) is 0 Å². The number of rotatable bonds is 6. The van der Waals surface area contributed by atoms with Gasteiger partial charge in [0.05, 0.1) is 0 Å². The lowest BCUT2D eigenvalue weighted by Crippen LogP contribution is -2.13. The van der Waals surface area contributed by atoms with Crippen LogP contribution in [-0.4, -0.2) is 28.8 Å². The number of carbonyl (C=O) groups excluding carboxylic acids is 1. The van der Waals surface area contributed by atoms with Gasteiger partial charge in [-0.25, -0.2) is 0 Å². The zero-order valence-electron chi connectivity index (χ0n) is 13.2. The van der Waals surface area contributed by atoms with Crippen LogP contribution >= 0.6 is 0 Å². The molecular weight excluding hydrogens is 308 g/mol. The zero-order chi connectivity index (χ0) is 16.2. The lowest BCUT2D eigenvalue weighted by molar-refractivity contribution is -0.143. The maximum atomic E-state index is 11.9. The molecule has 1 unspecified atom stereocenters. The second-order valence-electron chi connectivity index (χ2n) is 5.79. The molecule has 4 heteroatoms. The molecule has 0 spiro atoms. The van der Waals surface area contributed by atoms with Crippen LogP contribution < -0.4 is 0 Å². The highest BCUT2D eigenvalue weighted by atomic mass is 32.2. The van der Waals surface area contributed by atoms with Crippen molar-refractivity contribution in [1.29, 1.82) is 0 Å². The van der Waals surface area contributed by atoms with Crippen molar-refractivity contribution in [3.8, 4) is 11.1 Å². The van der Waals surface area contributed by atoms with Crippen molar-refractivity contribution in [1.82, 2.24) is 0 Å². The summed E-state index contributed by atoms with van der Waals surface area (Å²) < 4.78 is 16.5. The molecule has 3 nitrogen and oxygen atoms in total. The molecule has 0 aliphatic heterocycles. The van der Waals surface area contributed by atoms with E-state index in [0.29, 0.717) is 25.2 Å². The van der Waals surface area contributed by atoms with Gasteiger partial charge in [-0.05, 0) is 28.7 Å². The molecular formula is C19H20O3S. The van der Waals surface area contributed by atoms with Crippen LogP contribution in [0.4, 0.5) is 0 Å². The summed E-state index contributed by atoms with van der Waals surface area (Å²) in [6, 6.07) is 16.6. The van der Waals surface area contributed by atoms with Gasteiger partial charge < -0.3 is 4.74 Å². The predicted molar refractivity (Wildman–Crippen MR) is 92.8 cm³/mol. The summed E-state index contributed by atoms with van der Waals surface area (Å²) in [4.78, 5) is 11.9. The SMILES string of the molecule is CS(=O)CCCC(=O)OCC1c2ccccc2-c2ccccc21. The van der Waals surface area contributed by atoms with E-state index in [9.17, 15) is 9.00 Å². The van der Waals surface area contributed by atoms with E-state index < -0.39 is 10.8 Å². The van der Waals surface area contributed by atoms with Crippen LogP contribution in [0.3, 0.4) is 0 Å². The van der Waals surface area contributed by atoms with Crippen LogP contribution in [0.15, 0.2) is 48.5 Å². The lowest BCUT2D eigenvalue weighted by Gasteiger charge is -2.14. The van der Waals surface area contributed by atoms with E-state index in [1.165, 1.54) is 22.3 Å². The Balaban J connectivity index is 1.69. The number of benzene rings is 2. The molecule has 0 N–H and O–H groups in total. The first-order chi connectivity index (χ1) is 11.2. The van der Waals surface area contributed by atoms with Gasteiger partial charge >= 0.3 is 5.97 Å². The minimum Gasteiger partial charge on any atom is -0.465 e. The van der Waals surface area contributed by atoms with Crippen molar-refractivity contribution in [2.75, 3.05) is 18.6 Å².